The van der Waals surface area contributed by atoms with Gasteiger partial charge in [0.15, 0.2) is 5.78 Å². The first kappa shape index (κ1) is 19.9. The molecular formula is C24H21FN2O3S. The van der Waals surface area contributed by atoms with Crippen LogP contribution in [0.5, 0.6) is 5.75 Å². The number of carbonyl (C=O) groups excluding carboxylic acids is 2. The Morgan fingerprint density at radius 2 is 2.00 bits per heavy atom. The zero-order valence-electron chi connectivity index (χ0n) is 17.1. The molecule has 1 amide bonds. The van der Waals surface area contributed by atoms with Crippen LogP contribution in [0.15, 0.2) is 60.0 Å². The van der Waals surface area contributed by atoms with Crippen molar-refractivity contribution in [2.75, 3.05) is 26.0 Å². The second-order valence-corrected chi connectivity index (χ2v) is 8.94. The van der Waals surface area contributed by atoms with Gasteiger partial charge in [-0.25, -0.2) is 4.39 Å². The van der Waals surface area contributed by atoms with Crippen molar-refractivity contribution in [3.8, 4) is 5.75 Å². The molecule has 1 aromatic heterocycles. The summed E-state index contributed by atoms with van der Waals surface area (Å²) in [5.74, 6) is -0.967. The topological polar surface area (TPSA) is 58.6 Å². The summed E-state index contributed by atoms with van der Waals surface area (Å²) < 4.78 is 19.0. The Morgan fingerprint density at radius 3 is 2.68 bits per heavy atom. The van der Waals surface area contributed by atoms with Crippen LogP contribution in [0.25, 0.3) is 0 Å². The predicted octanol–water partition coefficient (Wildman–Crippen LogP) is 4.27. The van der Waals surface area contributed by atoms with Crippen molar-refractivity contribution in [2.24, 2.45) is 5.92 Å². The largest absolute Gasteiger partial charge is 0.497 e. The maximum Gasteiger partial charge on any atom is 0.250 e. The fourth-order valence-electron chi connectivity index (χ4n) is 5.13. The molecule has 0 bridgehead atoms. The van der Waals surface area contributed by atoms with Crippen LogP contribution >= 0.6 is 11.3 Å². The van der Waals surface area contributed by atoms with Gasteiger partial charge in [-0.05, 0) is 54.4 Å². The van der Waals surface area contributed by atoms with Crippen molar-refractivity contribution in [1.82, 2.24) is 4.90 Å². The number of fused-ring (bicyclic) bond motifs is 2. The first-order valence-electron chi connectivity index (χ1n) is 10.0. The molecule has 5 nitrogen and oxygen atoms in total. The summed E-state index contributed by atoms with van der Waals surface area (Å²) >= 11 is 1.37. The van der Waals surface area contributed by atoms with E-state index in [0.29, 0.717) is 22.9 Å². The molecule has 1 spiro atoms. The van der Waals surface area contributed by atoms with E-state index in [1.54, 1.807) is 31.4 Å². The molecule has 0 radical (unpaired) electrons. The lowest BCUT2D eigenvalue weighted by molar-refractivity contribution is -0.126. The van der Waals surface area contributed by atoms with Gasteiger partial charge in [-0.2, -0.15) is 0 Å². The number of benzene rings is 2. The van der Waals surface area contributed by atoms with Crippen LogP contribution < -0.4 is 10.1 Å². The number of thiophene rings is 1. The van der Waals surface area contributed by atoms with Crippen molar-refractivity contribution in [1.29, 1.82) is 0 Å². The molecule has 31 heavy (non-hydrogen) atoms. The third kappa shape index (κ3) is 2.84. The number of halogens is 1. The molecule has 158 valence electrons. The van der Waals surface area contributed by atoms with Crippen LogP contribution in [0.4, 0.5) is 10.1 Å². The molecule has 1 N–H and O–H groups in total. The molecule has 3 heterocycles. The van der Waals surface area contributed by atoms with E-state index in [1.165, 1.54) is 23.5 Å². The number of ketones is 1. The molecule has 1 fully saturated rings. The number of amides is 1. The first-order chi connectivity index (χ1) is 15.0. The molecular weight excluding hydrogens is 415 g/mol. The Bertz CT molecular complexity index is 1160. The summed E-state index contributed by atoms with van der Waals surface area (Å²) in [7, 11) is 3.44. The van der Waals surface area contributed by atoms with Crippen molar-refractivity contribution < 1.29 is 18.7 Å². The average molecular weight is 437 g/mol. The number of Topliss-reactive ketones (excluding diaryl/α,β-unsaturated/α-hetero) is 1. The van der Waals surface area contributed by atoms with Crippen LogP contribution in [-0.2, 0) is 10.3 Å². The van der Waals surface area contributed by atoms with E-state index in [0.717, 1.165) is 11.1 Å². The van der Waals surface area contributed by atoms with Gasteiger partial charge in [0.1, 0.15) is 17.1 Å². The smallest absolute Gasteiger partial charge is 0.250 e. The fraction of sp³-hybridized carbons (Fsp3) is 0.250. The number of carbonyl (C=O) groups is 2. The van der Waals surface area contributed by atoms with Gasteiger partial charge in [0.25, 0.3) is 0 Å². The van der Waals surface area contributed by atoms with Crippen molar-refractivity contribution in [3.63, 3.8) is 0 Å². The van der Waals surface area contributed by atoms with E-state index >= 15 is 0 Å². The Kier molecular flexibility index (Phi) is 4.68. The molecule has 2 aliphatic rings. The predicted molar refractivity (Wildman–Crippen MR) is 117 cm³/mol. The first-order valence-corrected chi connectivity index (χ1v) is 10.9. The highest BCUT2D eigenvalue weighted by Gasteiger charge is 2.64. The summed E-state index contributed by atoms with van der Waals surface area (Å²) in [6.45, 7) is 0.484. The minimum absolute atomic E-state index is 0.0838. The summed E-state index contributed by atoms with van der Waals surface area (Å²) in [5, 5.41) is 4.84. The molecule has 0 aliphatic carbocycles. The minimum atomic E-state index is -1.18. The van der Waals surface area contributed by atoms with Gasteiger partial charge in [-0.3, -0.25) is 14.5 Å². The molecule has 5 rings (SSSR count). The van der Waals surface area contributed by atoms with E-state index in [9.17, 15) is 14.0 Å². The van der Waals surface area contributed by atoms with Crippen LogP contribution in [0, 0.1) is 11.7 Å². The Morgan fingerprint density at radius 1 is 1.23 bits per heavy atom. The second kappa shape index (κ2) is 7.28. The van der Waals surface area contributed by atoms with Gasteiger partial charge < -0.3 is 10.1 Å². The van der Waals surface area contributed by atoms with E-state index in [1.807, 2.05) is 35.5 Å². The quantitative estimate of drug-likeness (QED) is 0.621. The maximum absolute atomic E-state index is 13.9. The zero-order chi connectivity index (χ0) is 21.8. The highest BCUT2D eigenvalue weighted by molar-refractivity contribution is 7.12. The van der Waals surface area contributed by atoms with Crippen LogP contribution in [0.3, 0.4) is 0 Å². The number of likely N-dealkylation sites (N-methyl/N-ethyl adjacent to an activating group) is 1. The third-order valence-corrected chi connectivity index (χ3v) is 7.39. The van der Waals surface area contributed by atoms with Crippen LogP contribution in [0.2, 0.25) is 0 Å². The molecule has 2 aromatic carbocycles. The van der Waals surface area contributed by atoms with Crippen molar-refractivity contribution in [3.05, 3.63) is 81.8 Å². The lowest BCUT2D eigenvalue weighted by Gasteiger charge is -2.35. The van der Waals surface area contributed by atoms with Crippen LogP contribution in [0.1, 0.15) is 26.7 Å². The van der Waals surface area contributed by atoms with E-state index in [2.05, 4.69) is 5.32 Å². The molecule has 0 unspecified atom stereocenters. The highest BCUT2D eigenvalue weighted by atomic mass is 32.1. The van der Waals surface area contributed by atoms with Gasteiger partial charge in [-0.15, -0.1) is 11.3 Å². The van der Waals surface area contributed by atoms with E-state index in [4.69, 9.17) is 4.74 Å². The zero-order valence-corrected chi connectivity index (χ0v) is 17.9. The normalized spacial score (nSPS) is 24.9. The van der Waals surface area contributed by atoms with Gasteiger partial charge >= 0.3 is 0 Å². The standard InChI is InChI=1S/C24H21FN2O3S/c1-27-13-17(14-5-7-15(25)8-6-14)21(22(28)20-4-3-11-31-20)24(27)18-12-16(30-2)9-10-19(18)26-23(24)29/h3-12,17,21H,13H2,1-2H3,(H,26,29)/t17-,21-,24-/m1/s1. The average Bonchev–Trinajstić information content (AvgIpc) is 3.47. The van der Waals surface area contributed by atoms with E-state index in [-0.39, 0.29) is 23.4 Å². The lowest BCUT2D eigenvalue weighted by Crippen LogP contribution is -2.51. The fourth-order valence-corrected chi connectivity index (χ4v) is 5.83. The number of anilines is 1. The Hall–Kier alpha value is -3.03. The monoisotopic (exact) mass is 436 g/mol. The number of likely N-dealkylation sites (tertiary alicyclic amines) is 1. The molecule has 0 saturated carbocycles. The second-order valence-electron chi connectivity index (χ2n) is 7.99. The van der Waals surface area contributed by atoms with Crippen molar-refractivity contribution >= 4 is 28.7 Å². The summed E-state index contributed by atoms with van der Waals surface area (Å²) in [6.07, 6.45) is 0. The minimum Gasteiger partial charge on any atom is -0.497 e. The SMILES string of the molecule is COc1ccc2c(c1)[C@]1(C(=O)N2)[C@@H](C(=O)c2cccs2)[C@@H](c2ccc(F)cc2)CN1C. The molecule has 3 aromatic rings. The van der Waals surface area contributed by atoms with E-state index < -0.39 is 11.5 Å². The highest BCUT2D eigenvalue weighted by Crippen LogP contribution is 2.56. The number of ether oxygens (including phenoxy) is 1. The lowest BCUT2D eigenvalue weighted by atomic mass is 9.71. The van der Waals surface area contributed by atoms with Gasteiger partial charge in [-0.1, -0.05) is 18.2 Å². The van der Waals surface area contributed by atoms with Gasteiger partial charge in [0, 0.05) is 23.7 Å². The molecule has 1 saturated heterocycles. The number of rotatable bonds is 4. The summed E-state index contributed by atoms with van der Waals surface area (Å²) in [6, 6.07) is 15.3. The molecule has 2 aliphatic heterocycles. The number of hydrogen-bond acceptors (Lipinski definition) is 5. The number of methoxy groups -OCH3 is 1. The Labute approximate surface area is 183 Å². The number of nitrogens with one attached hydrogen (secondary N) is 1. The van der Waals surface area contributed by atoms with Crippen molar-refractivity contribution in [2.45, 2.75) is 11.5 Å². The summed E-state index contributed by atoms with van der Waals surface area (Å²) in [4.78, 5) is 30.0. The Balaban J connectivity index is 1.73. The van der Waals surface area contributed by atoms with Gasteiger partial charge in [0.05, 0.1) is 17.9 Å². The number of hydrogen-bond donors (Lipinski definition) is 1. The van der Waals surface area contributed by atoms with Crippen LogP contribution in [-0.4, -0.2) is 37.3 Å². The maximum atomic E-state index is 13.9. The molecule has 7 heteroatoms. The van der Waals surface area contributed by atoms with Gasteiger partial charge in [0.2, 0.25) is 5.91 Å². The molecule has 3 atom stereocenters. The summed E-state index contributed by atoms with van der Waals surface area (Å²) in [5.41, 5.74) is 1.08. The third-order valence-electron chi connectivity index (χ3n) is 6.50. The number of nitrogens with zero attached hydrogens (tertiary/aromatic N) is 1.